The molecule has 2 aliphatic rings. The molecule has 7 rings (SSSR count). The van der Waals surface area contributed by atoms with Crippen molar-refractivity contribution in [2.24, 2.45) is 11.3 Å². The maximum Gasteiger partial charge on any atom is 0.416 e. The number of likely N-dealkylation sites (tertiary alicyclic amines) is 2. The van der Waals surface area contributed by atoms with E-state index in [1.165, 1.54) is 17.0 Å². The number of aryl methyl sites for hydroxylation is 1. The first kappa shape index (κ1) is 57.4. The topological polar surface area (TPSA) is 170 Å². The Balaban J connectivity index is 0.710. The van der Waals surface area contributed by atoms with Crippen LogP contribution in [0, 0.1) is 18.3 Å². The standard InChI is InChI=1S/C59H73F3N6O7S/c1-38(41-21-23-42(24-22-41)53-39(2)64-37-76-53)65-55(72)49-32-46(69)36-68(49)57(74)54(58(3,4)5)66-52(71)20-15-13-11-9-7-6-8-10-12-14-19-51(70)63-33-40-34-67(35-40)56(73)44-25-30-48-43(31-44)17-16-18-50(48)75-47-28-26-45(27-29-47)59(60,61)62/h16-18,21-31,37-38,40,46,49,54,69H,6-15,19-20,32-36H2,1-5H3,(H,63,70)(H,65,72)(H,66,71)/t38-,46+,49-,54+/m0/s1. The average Bonchev–Trinajstić information content (AvgIpc) is 4.00. The molecular weight excluding hydrogens is 994 g/mol. The monoisotopic (exact) mass is 1070 g/mol. The number of rotatable bonds is 24. The van der Waals surface area contributed by atoms with Gasteiger partial charge >= 0.3 is 6.18 Å². The Morgan fingerprint density at radius 3 is 2.03 bits per heavy atom. The number of aliphatic hydroxyl groups excluding tert-OH is 1. The molecule has 0 bridgehead atoms. The number of hydrogen-bond acceptors (Lipinski definition) is 9. The first-order valence-corrected chi connectivity index (χ1v) is 27.7. The molecule has 0 saturated carbocycles. The molecule has 5 amide bonds. The lowest BCUT2D eigenvalue weighted by molar-refractivity contribution is -0.144. The van der Waals surface area contributed by atoms with Gasteiger partial charge in [-0.2, -0.15) is 13.2 Å². The van der Waals surface area contributed by atoms with Gasteiger partial charge in [-0.15, -0.1) is 11.3 Å². The highest BCUT2D eigenvalue weighted by Crippen LogP contribution is 2.35. The summed E-state index contributed by atoms with van der Waals surface area (Å²) < 4.78 is 44.8. The van der Waals surface area contributed by atoms with Crippen molar-refractivity contribution >= 4 is 51.6 Å². The Morgan fingerprint density at radius 2 is 1.42 bits per heavy atom. The SMILES string of the molecule is Cc1ncsc1-c1ccc([C@H](C)NC(=O)[C@@H]2C[C@@H](O)CN2C(=O)[C@@H](NC(=O)CCCCCCCCCCCCC(=O)NCC2CN(C(=O)c3ccc4c(Oc5ccc(C(F)(F)F)cc5)cccc4c3)C2)C(C)(C)C)cc1. The van der Waals surface area contributed by atoms with Crippen molar-refractivity contribution in [3.8, 4) is 21.9 Å². The van der Waals surface area contributed by atoms with Gasteiger partial charge in [-0.1, -0.05) is 109 Å². The number of halogens is 3. The molecule has 0 spiro atoms. The molecule has 0 unspecified atom stereocenters. The lowest BCUT2D eigenvalue weighted by Gasteiger charge is -2.39. The molecule has 4 atom stereocenters. The molecule has 4 aromatic carbocycles. The molecule has 0 aliphatic carbocycles. The van der Waals surface area contributed by atoms with Crippen LogP contribution < -0.4 is 20.7 Å². The molecule has 17 heteroatoms. The minimum Gasteiger partial charge on any atom is -0.457 e. The van der Waals surface area contributed by atoms with Crippen LogP contribution in [0.2, 0.25) is 0 Å². The number of unbranched alkanes of at least 4 members (excludes halogenated alkanes) is 9. The van der Waals surface area contributed by atoms with Crippen LogP contribution in [0.15, 0.2) is 90.4 Å². The van der Waals surface area contributed by atoms with Crippen molar-refractivity contribution in [1.29, 1.82) is 0 Å². The number of aromatic nitrogens is 1. The minimum absolute atomic E-state index is 0.0177. The molecule has 5 aromatic rings. The number of hydrogen-bond donors (Lipinski definition) is 4. The number of benzene rings is 4. The third-order valence-electron chi connectivity index (χ3n) is 14.4. The average molecular weight is 1070 g/mol. The Labute approximate surface area is 448 Å². The van der Waals surface area contributed by atoms with E-state index in [1.807, 2.05) is 70.5 Å². The van der Waals surface area contributed by atoms with Gasteiger partial charge < -0.3 is 35.6 Å². The maximum atomic E-state index is 14.1. The van der Waals surface area contributed by atoms with E-state index in [-0.39, 0.29) is 60.2 Å². The van der Waals surface area contributed by atoms with Gasteiger partial charge in [-0.3, -0.25) is 24.0 Å². The van der Waals surface area contributed by atoms with E-state index < -0.39 is 35.3 Å². The minimum atomic E-state index is -4.43. The van der Waals surface area contributed by atoms with Crippen LogP contribution in [0.25, 0.3) is 21.2 Å². The van der Waals surface area contributed by atoms with Gasteiger partial charge in [-0.25, -0.2) is 4.98 Å². The lowest BCUT2D eigenvalue weighted by atomic mass is 9.85. The third-order valence-corrected chi connectivity index (χ3v) is 15.4. The Hall–Kier alpha value is -6.33. The zero-order valence-corrected chi connectivity index (χ0v) is 45.2. The second kappa shape index (κ2) is 26.1. The lowest BCUT2D eigenvalue weighted by Crippen LogP contribution is -2.57. The first-order chi connectivity index (χ1) is 36.2. The molecule has 3 heterocycles. The summed E-state index contributed by atoms with van der Waals surface area (Å²) in [6.45, 7) is 11.2. The second-order valence-electron chi connectivity index (χ2n) is 21.6. The van der Waals surface area contributed by atoms with Gasteiger partial charge in [-0.05, 0) is 97.1 Å². The van der Waals surface area contributed by atoms with E-state index in [0.29, 0.717) is 50.2 Å². The predicted molar refractivity (Wildman–Crippen MR) is 290 cm³/mol. The summed E-state index contributed by atoms with van der Waals surface area (Å²) in [5.41, 5.74) is 3.89. The summed E-state index contributed by atoms with van der Waals surface area (Å²) in [5, 5.41) is 21.2. The molecule has 2 aliphatic heterocycles. The van der Waals surface area contributed by atoms with E-state index in [4.69, 9.17) is 4.74 Å². The number of nitrogens with one attached hydrogen (secondary N) is 3. The fourth-order valence-electron chi connectivity index (χ4n) is 9.94. The number of aliphatic hydroxyl groups is 1. The van der Waals surface area contributed by atoms with Crippen LogP contribution in [-0.4, -0.2) is 93.8 Å². The summed E-state index contributed by atoms with van der Waals surface area (Å²) in [6, 6.07) is 21.1. The van der Waals surface area contributed by atoms with Crippen molar-refractivity contribution in [2.45, 2.75) is 148 Å². The largest absolute Gasteiger partial charge is 0.457 e. The summed E-state index contributed by atoms with van der Waals surface area (Å²) >= 11 is 1.58. The number of ether oxygens (including phenoxy) is 1. The summed E-state index contributed by atoms with van der Waals surface area (Å²) in [7, 11) is 0. The van der Waals surface area contributed by atoms with Crippen molar-refractivity contribution < 1.29 is 47.0 Å². The highest BCUT2D eigenvalue weighted by Gasteiger charge is 2.45. The Morgan fingerprint density at radius 1 is 0.789 bits per heavy atom. The molecule has 76 heavy (non-hydrogen) atoms. The van der Waals surface area contributed by atoms with Gasteiger partial charge in [0, 0.05) is 62.3 Å². The van der Waals surface area contributed by atoms with Crippen molar-refractivity contribution in [1.82, 2.24) is 30.7 Å². The fraction of sp³-hybridized carbons (Fsp3) is 0.492. The maximum absolute atomic E-state index is 14.1. The summed E-state index contributed by atoms with van der Waals surface area (Å²) in [4.78, 5) is 75.4. The van der Waals surface area contributed by atoms with E-state index in [2.05, 4.69) is 20.9 Å². The quantitative estimate of drug-likeness (QED) is 0.0443. The Bertz CT molecular complexity index is 2770. The molecule has 2 fully saturated rings. The van der Waals surface area contributed by atoms with Crippen LogP contribution in [0.5, 0.6) is 11.5 Å². The van der Waals surface area contributed by atoms with Crippen LogP contribution in [0.4, 0.5) is 13.2 Å². The van der Waals surface area contributed by atoms with Crippen LogP contribution in [-0.2, 0) is 25.4 Å². The Kier molecular flexibility index (Phi) is 19.7. The van der Waals surface area contributed by atoms with Crippen LogP contribution in [0.1, 0.15) is 144 Å². The van der Waals surface area contributed by atoms with Crippen molar-refractivity contribution in [2.75, 3.05) is 26.2 Å². The van der Waals surface area contributed by atoms with E-state index in [0.717, 1.165) is 102 Å². The molecule has 1 aromatic heterocycles. The molecule has 13 nitrogen and oxygen atoms in total. The molecule has 4 N–H and O–H groups in total. The highest BCUT2D eigenvalue weighted by molar-refractivity contribution is 7.13. The first-order valence-electron chi connectivity index (χ1n) is 26.8. The van der Waals surface area contributed by atoms with Gasteiger partial charge in [0.25, 0.3) is 5.91 Å². The number of amides is 5. The number of thiazole rings is 1. The zero-order valence-electron chi connectivity index (χ0n) is 44.3. The van der Waals surface area contributed by atoms with Gasteiger partial charge in [0.15, 0.2) is 0 Å². The smallest absolute Gasteiger partial charge is 0.416 e. The summed E-state index contributed by atoms with van der Waals surface area (Å²) in [5.74, 6) is -0.0809. The molecular formula is C59H73F3N6O7S. The number of carbonyl (C=O) groups is 5. The van der Waals surface area contributed by atoms with Crippen molar-refractivity contribution in [3.63, 3.8) is 0 Å². The number of nitrogens with zero attached hydrogens (tertiary/aromatic N) is 3. The van der Waals surface area contributed by atoms with Gasteiger partial charge in [0.2, 0.25) is 23.6 Å². The summed E-state index contributed by atoms with van der Waals surface area (Å²) in [6.07, 6.45) is 5.49. The molecule has 408 valence electrons. The van der Waals surface area contributed by atoms with Crippen LogP contribution >= 0.6 is 11.3 Å². The van der Waals surface area contributed by atoms with Gasteiger partial charge in [0.1, 0.15) is 23.6 Å². The van der Waals surface area contributed by atoms with E-state index in [1.54, 1.807) is 46.6 Å². The second-order valence-corrected chi connectivity index (χ2v) is 22.5. The number of alkyl halides is 3. The van der Waals surface area contributed by atoms with Crippen LogP contribution in [0.3, 0.4) is 0 Å². The molecule has 2 saturated heterocycles. The fourth-order valence-corrected chi connectivity index (χ4v) is 10.8. The highest BCUT2D eigenvalue weighted by atomic mass is 32.1. The van der Waals surface area contributed by atoms with Crippen molar-refractivity contribution in [3.05, 3.63) is 113 Å². The predicted octanol–water partition coefficient (Wildman–Crippen LogP) is 11.3. The van der Waals surface area contributed by atoms with E-state index >= 15 is 0 Å². The number of β-amino-alcohol motifs (C(OH)–C–C–N with tert-alkyl or cyclic N) is 1. The van der Waals surface area contributed by atoms with E-state index in [9.17, 15) is 42.3 Å². The zero-order chi connectivity index (χ0) is 54.6. The molecule has 0 radical (unpaired) electrons. The third kappa shape index (κ3) is 15.6. The number of carbonyl (C=O) groups excluding carboxylic acids is 5. The van der Waals surface area contributed by atoms with Gasteiger partial charge in [0.05, 0.1) is 33.8 Å². The normalized spacial score (nSPS) is 16.8. The number of fused-ring (bicyclic) bond motifs is 1.